The summed E-state index contributed by atoms with van der Waals surface area (Å²) in [6.45, 7) is 5.83. The van der Waals surface area contributed by atoms with Gasteiger partial charge in [0.05, 0.1) is 22.1 Å². The zero-order chi connectivity index (χ0) is 16.8. The Labute approximate surface area is 133 Å². The second-order valence-electron chi connectivity index (χ2n) is 6.47. The molecule has 2 heterocycles. The number of hydrogen-bond acceptors (Lipinski definition) is 5. The molecule has 2 aromatic rings. The van der Waals surface area contributed by atoms with E-state index in [9.17, 15) is 14.7 Å². The Kier molecular flexibility index (Phi) is 3.58. The Morgan fingerprint density at radius 3 is 2.70 bits per heavy atom. The second kappa shape index (κ2) is 5.33. The molecular formula is C16H19N3O4. The van der Waals surface area contributed by atoms with Crippen molar-refractivity contribution in [3.63, 3.8) is 0 Å². The highest BCUT2D eigenvalue weighted by Crippen LogP contribution is 2.45. The molecule has 122 valence electrons. The molecule has 0 radical (unpaired) electrons. The van der Waals surface area contributed by atoms with Crippen LogP contribution in [0.15, 0.2) is 10.6 Å². The van der Waals surface area contributed by atoms with Crippen LogP contribution >= 0.6 is 0 Å². The van der Waals surface area contributed by atoms with Crippen molar-refractivity contribution in [3.05, 3.63) is 23.0 Å². The van der Waals surface area contributed by atoms with Crippen LogP contribution in [0.4, 0.5) is 0 Å². The van der Waals surface area contributed by atoms with E-state index in [1.54, 1.807) is 13.0 Å². The van der Waals surface area contributed by atoms with Crippen molar-refractivity contribution in [3.8, 4) is 0 Å². The summed E-state index contributed by atoms with van der Waals surface area (Å²) in [6.07, 6.45) is 1.19. The summed E-state index contributed by atoms with van der Waals surface area (Å²) >= 11 is 0. The minimum absolute atomic E-state index is 0.130. The van der Waals surface area contributed by atoms with Gasteiger partial charge in [0.15, 0.2) is 0 Å². The van der Waals surface area contributed by atoms with E-state index in [-0.39, 0.29) is 18.4 Å². The topological polar surface area (TPSA) is 105 Å². The Bertz CT molecular complexity index is 790. The number of aryl methyl sites for hydroxylation is 1. The molecule has 0 spiro atoms. The predicted molar refractivity (Wildman–Crippen MR) is 82.3 cm³/mol. The number of nitrogens with zero attached hydrogens (tertiary/aromatic N) is 2. The molecule has 1 aliphatic carbocycles. The first-order chi connectivity index (χ1) is 10.8. The largest absolute Gasteiger partial charge is 0.481 e. The van der Waals surface area contributed by atoms with Gasteiger partial charge in [-0.1, -0.05) is 19.0 Å². The summed E-state index contributed by atoms with van der Waals surface area (Å²) in [6, 6.07) is 1.73. The number of pyridine rings is 1. The molecule has 0 unspecified atom stereocenters. The molecular weight excluding hydrogens is 298 g/mol. The molecule has 0 atom stereocenters. The molecule has 7 nitrogen and oxygen atoms in total. The maximum atomic E-state index is 12.6. The van der Waals surface area contributed by atoms with Crippen molar-refractivity contribution < 1.29 is 19.2 Å². The van der Waals surface area contributed by atoms with Crippen molar-refractivity contribution in [1.29, 1.82) is 0 Å². The molecule has 1 fully saturated rings. The summed E-state index contributed by atoms with van der Waals surface area (Å²) in [7, 11) is 0. The average molecular weight is 317 g/mol. The highest BCUT2D eigenvalue weighted by atomic mass is 16.5. The zero-order valence-corrected chi connectivity index (χ0v) is 13.3. The lowest BCUT2D eigenvalue weighted by molar-refractivity contribution is -0.143. The van der Waals surface area contributed by atoms with E-state index in [4.69, 9.17) is 4.52 Å². The molecule has 0 aliphatic heterocycles. The van der Waals surface area contributed by atoms with Crippen LogP contribution < -0.4 is 5.32 Å². The number of fused-ring (bicyclic) bond motifs is 1. The number of carbonyl (C=O) groups is 2. The van der Waals surface area contributed by atoms with Gasteiger partial charge in [0.1, 0.15) is 0 Å². The minimum atomic E-state index is -0.860. The minimum Gasteiger partial charge on any atom is -0.481 e. The molecule has 1 saturated carbocycles. The standard InChI is InChI=1S/C16H19N3O4/c1-8(2)11-6-10(12-9(3)19-23-14(12)18-11)13(20)17-7-16(4-5-16)15(21)22/h6,8H,4-5,7H2,1-3H3,(H,17,20)(H,21,22). The highest BCUT2D eigenvalue weighted by Gasteiger charge is 2.50. The van der Waals surface area contributed by atoms with Crippen molar-refractivity contribution in [2.75, 3.05) is 6.54 Å². The zero-order valence-electron chi connectivity index (χ0n) is 13.3. The number of carboxylic acid groups (broad SMARTS) is 1. The van der Waals surface area contributed by atoms with Crippen molar-refractivity contribution in [1.82, 2.24) is 15.5 Å². The fraction of sp³-hybridized carbons (Fsp3) is 0.500. The van der Waals surface area contributed by atoms with E-state index in [0.717, 1.165) is 5.69 Å². The van der Waals surface area contributed by atoms with Crippen LogP contribution in [-0.2, 0) is 4.79 Å². The fourth-order valence-corrected chi connectivity index (χ4v) is 2.55. The summed E-state index contributed by atoms with van der Waals surface area (Å²) in [5.74, 6) is -1.05. The van der Waals surface area contributed by atoms with Crippen LogP contribution in [0.5, 0.6) is 0 Å². The van der Waals surface area contributed by atoms with Crippen LogP contribution in [0, 0.1) is 12.3 Å². The van der Waals surface area contributed by atoms with E-state index >= 15 is 0 Å². The van der Waals surface area contributed by atoms with Gasteiger partial charge in [-0.05, 0) is 31.7 Å². The van der Waals surface area contributed by atoms with Gasteiger partial charge in [0.2, 0.25) is 0 Å². The number of aromatic nitrogens is 2. The number of carboxylic acids is 1. The van der Waals surface area contributed by atoms with Crippen LogP contribution in [0.2, 0.25) is 0 Å². The highest BCUT2D eigenvalue weighted by molar-refractivity contribution is 6.06. The molecule has 3 rings (SSSR count). The quantitative estimate of drug-likeness (QED) is 0.876. The Hall–Kier alpha value is -2.44. The molecule has 0 saturated heterocycles. The van der Waals surface area contributed by atoms with E-state index in [0.29, 0.717) is 35.2 Å². The summed E-state index contributed by atoms with van der Waals surface area (Å²) in [5.41, 5.74) is 1.29. The third-order valence-corrected chi connectivity index (χ3v) is 4.37. The first-order valence-electron chi connectivity index (χ1n) is 7.62. The van der Waals surface area contributed by atoms with Crippen LogP contribution in [-0.4, -0.2) is 33.7 Å². The van der Waals surface area contributed by atoms with Crippen LogP contribution in [0.1, 0.15) is 54.4 Å². The lowest BCUT2D eigenvalue weighted by Gasteiger charge is -2.12. The molecule has 2 aromatic heterocycles. The fourth-order valence-electron chi connectivity index (χ4n) is 2.55. The smallest absolute Gasteiger partial charge is 0.311 e. The molecule has 0 aromatic carbocycles. The lowest BCUT2D eigenvalue weighted by Crippen LogP contribution is -2.34. The first-order valence-corrected chi connectivity index (χ1v) is 7.62. The van der Waals surface area contributed by atoms with Crippen molar-refractivity contribution >= 4 is 23.0 Å². The van der Waals surface area contributed by atoms with Crippen molar-refractivity contribution in [2.45, 2.75) is 39.5 Å². The number of nitrogens with one attached hydrogen (secondary N) is 1. The first kappa shape index (κ1) is 15.5. The number of carbonyl (C=O) groups excluding carboxylic acids is 1. The van der Waals surface area contributed by atoms with E-state index in [1.807, 2.05) is 13.8 Å². The summed E-state index contributed by atoms with van der Waals surface area (Å²) in [4.78, 5) is 28.2. The monoisotopic (exact) mass is 317 g/mol. The Morgan fingerprint density at radius 2 is 2.13 bits per heavy atom. The molecule has 1 aliphatic rings. The van der Waals surface area contributed by atoms with Gasteiger partial charge < -0.3 is 14.9 Å². The van der Waals surface area contributed by atoms with Crippen LogP contribution in [0.3, 0.4) is 0 Å². The van der Waals surface area contributed by atoms with E-state index < -0.39 is 11.4 Å². The number of hydrogen-bond donors (Lipinski definition) is 2. The van der Waals surface area contributed by atoms with Crippen molar-refractivity contribution in [2.24, 2.45) is 5.41 Å². The number of aliphatic carboxylic acids is 1. The molecule has 0 bridgehead atoms. The maximum absolute atomic E-state index is 12.6. The normalized spacial score (nSPS) is 15.8. The third kappa shape index (κ3) is 2.67. The van der Waals surface area contributed by atoms with Gasteiger partial charge in [-0.15, -0.1) is 0 Å². The van der Waals surface area contributed by atoms with Gasteiger partial charge in [-0.2, -0.15) is 0 Å². The SMILES string of the molecule is Cc1noc2nc(C(C)C)cc(C(=O)NCC3(C(=O)O)CC3)c12. The van der Waals surface area contributed by atoms with Gasteiger partial charge in [0.25, 0.3) is 11.6 Å². The molecule has 2 N–H and O–H groups in total. The number of amides is 1. The van der Waals surface area contributed by atoms with Gasteiger partial charge in [0, 0.05) is 12.2 Å². The molecule has 7 heteroatoms. The number of rotatable bonds is 5. The van der Waals surface area contributed by atoms with E-state index in [1.165, 1.54) is 0 Å². The maximum Gasteiger partial charge on any atom is 0.311 e. The van der Waals surface area contributed by atoms with Gasteiger partial charge in [-0.25, -0.2) is 4.98 Å². The van der Waals surface area contributed by atoms with Gasteiger partial charge in [-0.3, -0.25) is 9.59 Å². The summed E-state index contributed by atoms with van der Waals surface area (Å²) < 4.78 is 5.19. The predicted octanol–water partition coefficient (Wildman–Crippen LogP) is 2.25. The molecule has 1 amide bonds. The lowest BCUT2D eigenvalue weighted by atomic mass is 10.0. The third-order valence-electron chi connectivity index (χ3n) is 4.37. The van der Waals surface area contributed by atoms with Crippen LogP contribution in [0.25, 0.3) is 11.1 Å². The van der Waals surface area contributed by atoms with E-state index in [2.05, 4.69) is 15.5 Å². The summed E-state index contributed by atoms with van der Waals surface area (Å²) in [5, 5.41) is 16.4. The average Bonchev–Trinajstić information content (AvgIpc) is 3.22. The second-order valence-corrected chi connectivity index (χ2v) is 6.47. The van der Waals surface area contributed by atoms with Gasteiger partial charge >= 0.3 is 5.97 Å². The Balaban J connectivity index is 1.92. The Morgan fingerprint density at radius 1 is 1.43 bits per heavy atom. The molecule has 23 heavy (non-hydrogen) atoms.